The van der Waals surface area contributed by atoms with Crippen molar-refractivity contribution in [3.63, 3.8) is 0 Å². The number of ether oxygens (including phenoxy) is 1. The average molecular weight is 233 g/mol. The number of hydrogen-bond acceptors (Lipinski definition) is 4. The van der Waals surface area contributed by atoms with Gasteiger partial charge in [-0.1, -0.05) is 0 Å². The van der Waals surface area contributed by atoms with Gasteiger partial charge < -0.3 is 14.8 Å². The fraction of sp³-hybridized carbons (Fsp3) is 0.800. The zero-order chi connectivity index (χ0) is 11.7. The van der Waals surface area contributed by atoms with Gasteiger partial charge in [-0.3, -0.25) is 0 Å². The van der Waals surface area contributed by atoms with E-state index in [2.05, 4.69) is 5.32 Å². The maximum Gasteiger partial charge on any atom is 0.407 e. The smallest absolute Gasteiger partial charge is 0.407 e. The van der Waals surface area contributed by atoms with Crippen molar-refractivity contribution < 1.29 is 14.3 Å². The monoisotopic (exact) mass is 233 g/mol. The molecular formula is C10H19NO3S. The Morgan fingerprint density at radius 3 is 2.67 bits per heavy atom. The van der Waals surface area contributed by atoms with Crippen LogP contribution in [0.25, 0.3) is 0 Å². The van der Waals surface area contributed by atoms with E-state index in [4.69, 9.17) is 4.74 Å². The number of carbonyl (C=O) groups is 2. The van der Waals surface area contributed by atoms with Gasteiger partial charge in [0.05, 0.1) is 0 Å². The Bertz CT molecular complexity index is 201. The predicted molar refractivity (Wildman–Crippen MR) is 62.2 cm³/mol. The minimum Gasteiger partial charge on any atom is -0.444 e. The van der Waals surface area contributed by atoms with Crippen molar-refractivity contribution >= 4 is 24.1 Å². The molecule has 0 radical (unpaired) electrons. The van der Waals surface area contributed by atoms with Crippen LogP contribution in [0.1, 0.15) is 27.2 Å². The molecule has 88 valence electrons. The number of nitrogens with one attached hydrogen (secondary N) is 1. The van der Waals surface area contributed by atoms with Crippen molar-refractivity contribution in [2.24, 2.45) is 0 Å². The molecule has 0 saturated carbocycles. The molecule has 4 nitrogen and oxygen atoms in total. The molecule has 5 heteroatoms. The van der Waals surface area contributed by atoms with Crippen LogP contribution in [-0.2, 0) is 9.53 Å². The molecule has 0 aliphatic heterocycles. The molecule has 0 heterocycles. The zero-order valence-corrected chi connectivity index (χ0v) is 10.4. The first-order chi connectivity index (χ1) is 6.95. The van der Waals surface area contributed by atoms with Crippen LogP contribution in [0.2, 0.25) is 0 Å². The summed E-state index contributed by atoms with van der Waals surface area (Å²) in [5, 5.41) is 2.65. The van der Waals surface area contributed by atoms with E-state index in [-0.39, 0.29) is 6.09 Å². The summed E-state index contributed by atoms with van der Waals surface area (Å²) in [5.41, 5.74) is -0.448. The molecule has 0 bridgehead atoms. The molecule has 1 N–H and O–H groups in total. The summed E-state index contributed by atoms with van der Waals surface area (Å²) in [7, 11) is 0. The van der Waals surface area contributed by atoms with Crippen LogP contribution >= 0.6 is 11.8 Å². The second kappa shape index (κ2) is 7.56. The SMILES string of the molecule is CC(C)(C)OC(=O)NCCCSCC=O. The highest BCUT2D eigenvalue weighted by molar-refractivity contribution is 7.99. The van der Waals surface area contributed by atoms with E-state index >= 15 is 0 Å². The first-order valence-electron chi connectivity index (χ1n) is 4.94. The number of amides is 1. The Morgan fingerprint density at radius 1 is 1.47 bits per heavy atom. The molecule has 0 fully saturated rings. The number of aldehydes is 1. The molecule has 0 saturated heterocycles. The van der Waals surface area contributed by atoms with Gasteiger partial charge in [0.1, 0.15) is 11.9 Å². The van der Waals surface area contributed by atoms with Gasteiger partial charge in [-0.2, -0.15) is 11.8 Å². The third-order valence-electron chi connectivity index (χ3n) is 1.32. The maximum atomic E-state index is 11.2. The summed E-state index contributed by atoms with van der Waals surface area (Å²) in [6.45, 7) is 6.06. The Balaban J connectivity index is 3.36. The van der Waals surface area contributed by atoms with Gasteiger partial charge in [-0.15, -0.1) is 0 Å². The predicted octanol–water partition coefficient (Wildman–Crippen LogP) is 1.83. The number of hydrogen-bond donors (Lipinski definition) is 1. The normalized spacial score (nSPS) is 10.9. The molecule has 0 aromatic rings. The summed E-state index contributed by atoms with van der Waals surface area (Å²) in [6, 6.07) is 0. The molecule has 15 heavy (non-hydrogen) atoms. The fourth-order valence-corrected chi connectivity index (χ4v) is 1.42. The number of carbonyl (C=O) groups excluding carboxylic acids is 2. The minimum absolute atomic E-state index is 0.386. The molecule has 0 aliphatic carbocycles. The minimum atomic E-state index is -0.448. The van der Waals surface area contributed by atoms with E-state index in [0.717, 1.165) is 18.5 Å². The molecule has 0 spiro atoms. The summed E-state index contributed by atoms with van der Waals surface area (Å²) < 4.78 is 5.05. The molecule has 0 aliphatic rings. The standard InChI is InChI=1S/C10H19NO3S/c1-10(2,3)14-9(13)11-5-4-7-15-8-6-12/h6H,4-5,7-8H2,1-3H3,(H,11,13). The molecule has 0 unspecified atom stereocenters. The highest BCUT2D eigenvalue weighted by Gasteiger charge is 2.15. The Morgan fingerprint density at radius 2 is 2.13 bits per heavy atom. The van der Waals surface area contributed by atoms with E-state index in [1.54, 1.807) is 11.8 Å². The second-order valence-corrected chi connectivity index (χ2v) is 5.17. The van der Waals surface area contributed by atoms with Gasteiger partial charge >= 0.3 is 6.09 Å². The molecule has 0 aromatic carbocycles. The lowest BCUT2D eigenvalue weighted by Gasteiger charge is -2.19. The largest absolute Gasteiger partial charge is 0.444 e. The van der Waals surface area contributed by atoms with E-state index in [1.807, 2.05) is 20.8 Å². The van der Waals surface area contributed by atoms with E-state index in [9.17, 15) is 9.59 Å². The van der Waals surface area contributed by atoms with Crippen LogP contribution < -0.4 is 5.32 Å². The van der Waals surface area contributed by atoms with Crippen LogP contribution in [0, 0.1) is 0 Å². The van der Waals surface area contributed by atoms with Crippen molar-refractivity contribution in [2.75, 3.05) is 18.1 Å². The second-order valence-electron chi connectivity index (χ2n) is 4.02. The Kier molecular flexibility index (Phi) is 7.21. The molecule has 0 rings (SSSR count). The summed E-state index contributed by atoms with van der Waals surface area (Å²) >= 11 is 1.56. The molecular weight excluding hydrogens is 214 g/mol. The lowest BCUT2D eigenvalue weighted by molar-refractivity contribution is -0.105. The summed E-state index contributed by atoms with van der Waals surface area (Å²) in [5.74, 6) is 1.39. The van der Waals surface area contributed by atoms with Gasteiger partial charge in [-0.25, -0.2) is 4.79 Å². The lowest BCUT2D eigenvalue weighted by Crippen LogP contribution is -2.33. The highest BCUT2D eigenvalue weighted by atomic mass is 32.2. The van der Waals surface area contributed by atoms with Crippen LogP contribution in [0.5, 0.6) is 0 Å². The number of rotatable bonds is 6. The molecule has 0 atom stereocenters. The van der Waals surface area contributed by atoms with Crippen molar-refractivity contribution in [1.82, 2.24) is 5.32 Å². The van der Waals surface area contributed by atoms with Crippen molar-refractivity contribution in [3.05, 3.63) is 0 Å². The van der Waals surface area contributed by atoms with E-state index in [0.29, 0.717) is 12.3 Å². The summed E-state index contributed by atoms with van der Waals surface area (Å²) in [6.07, 6.45) is 1.34. The van der Waals surface area contributed by atoms with Crippen LogP contribution in [-0.4, -0.2) is 36.0 Å². The van der Waals surface area contributed by atoms with Gasteiger partial charge in [0.25, 0.3) is 0 Å². The average Bonchev–Trinajstić information content (AvgIpc) is 2.08. The highest BCUT2D eigenvalue weighted by Crippen LogP contribution is 2.06. The van der Waals surface area contributed by atoms with Gasteiger partial charge in [0.15, 0.2) is 0 Å². The lowest BCUT2D eigenvalue weighted by atomic mass is 10.2. The number of thioether (sulfide) groups is 1. The van der Waals surface area contributed by atoms with Crippen LogP contribution in [0.3, 0.4) is 0 Å². The molecule has 1 amide bonds. The van der Waals surface area contributed by atoms with Crippen molar-refractivity contribution in [3.8, 4) is 0 Å². The topological polar surface area (TPSA) is 55.4 Å². The van der Waals surface area contributed by atoms with E-state index < -0.39 is 5.60 Å². The quantitative estimate of drug-likeness (QED) is 0.562. The Labute approximate surface area is 95.1 Å². The van der Waals surface area contributed by atoms with Gasteiger partial charge in [-0.05, 0) is 32.9 Å². The first-order valence-corrected chi connectivity index (χ1v) is 6.09. The zero-order valence-electron chi connectivity index (χ0n) is 9.54. The van der Waals surface area contributed by atoms with Crippen molar-refractivity contribution in [1.29, 1.82) is 0 Å². The fourth-order valence-electron chi connectivity index (χ4n) is 0.810. The Hall–Kier alpha value is -0.710. The van der Waals surface area contributed by atoms with Crippen molar-refractivity contribution in [2.45, 2.75) is 32.8 Å². The van der Waals surface area contributed by atoms with Gasteiger partial charge in [0.2, 0.25) is 0 Å². The third-order valence-corrected chi connectivity index (χ3v) is 2.27. The first kappa shape index (κ1) is 14.3. The summed E-state index contributed by atoms with van der Waals surface area (Å²) in [4.78, 5) is 21.1. The van der Waals surface area contributed by atoms with Crippen LogP contribution in [0.15, 0.2) is 0 Å². The third kappa shape index (κ3) is 11.2. The molecule has 0 aromatic heterocycles. The van der Waals surface area contributed by atoms with Crippen LogP contribution in [0.4, 0.5) is 4.79 Å². The maximum absolute atomic E-state index is 11.2. The van der Waals surface area contributed by atoms with Gasteiger partial charge in [0, 0.05) is 12.3 Å². The number of alkyl carbamates (subject to hydrolysis) is 1. The van der Waals surface area contributed by atoms with E-state index in [1.165, 1.54) is 0 Å².